The first-order chi connectivity index (χ1) is 16.4. The molecule has 0 aliphatic heterocycles. The van der Waals surface area contributed by atoms with Crippen LogP contribution < -0.4 is 10.9 Å². The number of fused-ring (bicyclic) bond motifs is 1. The first-order valence-electron chi connectivity index (χ1n) is 9.59. The maximum atomic E-state index is 12.4. The molecule has 0 unspecified atom stereocenters. The summed E-state index contributed by atoms with van der Waals surface area (Å²) in [7, 11) is -14.8. The second-order valence-corrected chi connectivity index (χ2v) is 11.8. The lowest BCUT2D eigenvalue weighted by Crippen LogP contribution is -2.24. The van der Waals surface area contributed by atoms with Crippen molar-refractivity contribution in [3.8, 4) is 0 Å². The monoisotopic (exact) mass is 562 g/mol. The van der Waals surface area contributed by atoms with E-state index in [0.29, 0.717) is 6.07 Å². The van der Waals surface area contributed by atoms with E-state index in [9.17, 15) is 43.9 Å². The number of rotatable bonds is 8. The summed E-state index contributed by atoms with van der Waals surface area (Å²) in [6.45, 7) is 0.124. The minimum absolute atomic E-state index is 0.0194. The van der Waals surface area contributed by atoms with Crippen LogP contribution in [0.3, 0.4) is 0 Å². The minimum atomic E-state index is -5.02. The Hall–Kier alpha value is -3.35. The number of pyridine rings is 1. The summed E-state index contributed by atoms with van der Waals surface area (Å²) in [5.41, 5.74) is -1.08. The number of hydrogen-bond acceptors (Lipinski definition) is 9. The van der Waals surface area contributed by atoms with Gasteiger partial charge in [0.25, 0.3) is 35.9 Å². The molecule has 2 aromatic carbocycles. The maximum Gasteiger partial charge on any atom is 0.323 e. The van der Waals surface area contributed by atoms with E-state index in [4.69, 9.17) is 9.66 Å². The van der Waals surface area contributed by atoms with Crippen molar-refractivity contribution >= 4 is 52.9 Å². The highest BCUT2D eigenvalue weighted by Gasteiger charge is 2.23. The topological polar surface area (TPSA) is 234 Å². The maximum absolute atomic E-state index is 12.4. The molecule has 36 heavy (non-hydrogen) atoms. The third kappa shape index (κ3) is 5.72. The molecule has 1 aromatic heterocycles. The van der Waals surface area contributed by atoms with Gasteiger partial charge in [-0.25, -0.2) is 0 Å². The normalized spacial score (nSPS) is 12.6. The van der Waals surface area contributed by atoms with Crippen molar-refractivity contribution in [1.82, 2.24) is 4.57 Å². The van der Waals surface area contributed by atoms with Gasteiger partial charge >= 0.3 is 5.97 Å². The molecule has 194 valence electrons. The summed E-state index contributed by atoms with van der Waals surface area (Å²) in [5, 5.41) is 11.8. The van der Waals surface area contributed by atoms with Gasteiger partial charge in [-0.1, -0.05) is 6.07 Å². The van der Waals surface area contributed by atoms with Gasteiger partial charge in [0.05, 0.1) is 16.1 Å². The molecular formula is C19H18N2O12S3. The van der Waals surface area contributed by atoms with E-state index >= 15 is 0 Å². The highest BCUT2D eigenvalue weighted by Crippen LogP contribution is 2.30. The van der Waals surface area contributed by atoms with Gasteiger partial charge in [0, 0.05) is 18.0 Å². The summed E-state index contributed by atoms with van der Waals surface area (Å²) in [6, 6.07) is 5.39. The lowest BCUT2D eigenvalue weighted by atomic mass is 10.1. The van der Waals surface area contributed by atoms with Gasteiger partial charge in [-0.15, -0.1) is 0 Å². The van der Waals surface area contributed by atoms with Crippen LogP contribution >= 0.6 is 0 Å². The predicted molar refractivity (Wildman–Crippen MR) is 124 cm³/mol. The summed E-state index contributed by atoms with van der Waals surface area (Å²) >= 11 is 0. The molecule has 1 heterocycles. The molecule has 0 saturated carbocycles. The molecule has 0 bridgehead atoms. The molecule has 0 saturated heterocycles. The van der Waals surface area contributed by atoms with Crippen molar-refractivity contribution in [2.75, 3.05) is 5.32 Å². The molecule has 0 aliphatic rings. The number of carboxylic acids is 1. The van der Waals surface area contributed by atoms with Gasteiger partial charge < -0.3 is 10.4 Å². The largest absolute Gasteiger partial charge is 0.480 e. The fraction of sp³-hybridized carbons (Fsp3) is 0.158. The van der Waals surface area contributed by atoms with Crippen molar-refractivity contribution in [3.63, 3.8) is 0 Å². The lowest BCUT2D eigenvalue weighted by molar-refractivity contribution is -0.137. The predicted octanol–water partition coefficient (Wildman–Crippen LogP) is 0.747. The number of carboxylic acid groups (broad SMARTS) is 1. The van der Waals surface area contributed by atoms with Gasteiger partial charge in [0.1, 0.15) is 16.3 Å². The average Bonchev–Trinajstić information content (AvgIpc) is 2.72. The Balaban J connectivity index is 2.23. The Morgan fingerprint density at radius 3 is 2.03 bits per heavy atom. The summed E-state index contributed by atoms with van der Waals surface area (Å²) in [5.74, 6) is -1.37. The van der Waals surface area contributed by atoms with Crippen molar-refractivity contribution in [1.29, 1.82) is 0 Å². The van der Waals surface area contributed by atoms with Crippen LogP contribution in [0.4, 0.5) is 5.69 Å². The zero-order valence-electron chi connectivity index (χ0n) is 18.1. The molecule has 3 rings (SSSR count). The van der Waals surface area contributed by atoms with Crippen LogP contribution in [0.25, 0.3) is 10.9 Å². The van der Waals surface area contributed by atoms with Crippen molar-refractivity contribution in [2.24, 2.45) is 0 Å². The molecule has 0 atom stereocenters. The van der Waals surface area contributed by atoms with Gasteiger partial charge in [-0.2, -0.15) is 25.3 Å². The van der Waals surface area contributed by atoms with Crippen molar-refractivity contribution in [3.05, 3.63) is 57.9 Å². The Labute approximate surface area is 204 Å². The van der Waals surface area contributed by atoms with Crippen molar-refractivity contribution < 1.29 is 48.8 Å². The zero-order valence-corrected chi connectivity index (χ0v) is 20.6. The highest BCUT2D eigenvalue weighted by atomic mass is 32.2. The Bertz CT molecular complexity index is 1790. The Kier molecular flexibility index (Phi) is 7.01. The lowest BCUT2D eigenvalue weighted by Gasteiger charge is -2.17. The first-order valence-corrected chi connectivity index (χ1v) is 13.9. The number of anilines is 1. The molecule has 3 aromatic rings. The second-order valence-electron chi connectivity index (χ2n) is 7.56. The third-order valence-corrected chi connectivity index (χ3v) is 7.75. The molecule has 0 aliphatic carbocycles. The molecule has 5 N–H and O–H groups in total. The number of carbonyl (C=O) groups is 1. The van der Waals surface area contributed by atoms with E-state index in [-0.39, 0.29) is 27.7 Å². The van der Waals surface area contributed by atoms with E-state index in [1.807, 2.05) is 0 Å². The average molecular weight is 563 g/mol. The molecule has 14 nitrogen and oxygen atoms in total. The van der Waals surface area contributed by atoms with Crippen LogP contribution in [0.1, 0.15) is 11.1 Å². The van der Waals surface area contributed by atoms with Crippen LogP contribution in [0, 0.1) is 6.92 Å². The van der Waals surface area contributed by atoms with Crippen LogP contribution in [-0.4, -0.2) is 54.6 Å². The van der Waals surface area contributed by atoms with Gasteiger partial charge in [0.15, 0.2) is 0 Å². The number of nitrogens with one attached hydrogen (secondary N) is 1. The minimum Gasteiger partial charge on any atom is -0.480 e. The number of aromatic nitrogens is 1. The standard InChI is InChI=1S/C19H18N2O12S3/c1-10-4-18(22)21(9-19(23)24)15-7-14(17(6-13(10)15)36(31,32)33)20-8-11-2-3-12(34(25,26)27)5-16(11)35(28,29)30/h2-7,20H,8-9H2,1H3,(H,23,24)(H,25,26,27)(H,28,29,30)(H,31,32,33). The molecule has 0 radical (unpaired) electrons. The number of aliphatic carboxylic acids is 1. The first kappa shape index (κ1) is 27.2. The zero-order chi connectivity index (χ0) is 27.2. The number of aryl methyl sites for hydroxylation is 1. The van der Waals surface area contributed by atoms with E-state index < -0.39 is 69.7 Å². The van der Waals surface area contributed by atoms with Crippen LogP contribution in [0.15, 0.2) is 55.9 Å². The van der Waals surface area contributed by atoms with E-state index in [1.54, 1.807) is 0 Å². The van der Waals surface area contributed by atoms with Gasteiger partial charge in [0.2, 0.25) is 0 Å². The number of benzene rings is 2. The third-order valence-electron chi connectivity index (χ3n) is 5.07. The van der Waals surface area contributed by atoms with Gasteiger partial charge in [-0.05, 0) is 42.3 Å². The molecule has 0 fully saturated rings. The molecule has 0 amide bonds. The number of nitrogens with zero attached hydrogens (tertiary/aromatic N) is 1. The Morgan fingerprint density at radius 2 is 1.50 bits per heavy atom. The summed E-state index contributed by atoms with van der Waals surface area (Å²) in [4.78, 5) is 21.2. The highest BCUT2D eigenvalue weighted by molar-refractivity contribution is 7.86. The smallest absolute Gasteiger partial charge is 0.323 e. The number of hydrogen-bond donors (Lipinski definition) is 5. The van der Waals surface area contributed by atoms with Crippen LogP contribution in [0.2, 0.25) is 0 Å². The SMILES string of the molecule is Cc1cc(=O)n(CC(=O)O)c2cc(NCc3ccc(S(=O)(=O)O)cc3S(=O)(=O)O)c(S(=O)(=O)O)cc12. The summed E-state index contributed by atoms with van der Waals surface area (Å²) in [6.07, 6.45) is 0. The van der Waals surface area contributed by atoms with E-state index in [2.05, 4.69) is 5.32 Å². The van der Waals surface area contributed by atoms with Crippen LogP contribution in [-0.2, 0) is 48.2 Å². The Morgan fingerprint density at radius 1 is 0.889 bits per heavy atom. The van der Waals surface area contributed by atoms with E-state index in [1.165, 1.54) is 6.92 Å². The fourth-order valence-electron chi connectivity index (χ4n) is 3.49. The van der Waals surface area contributed by atoms with E-state index in [0.717, 1.165) is 34.9 Å². The molecule has 0 spiro atoms. The van der Waals surface area contributed by atoms with Crippen LogP contribution in [0.5, 0.6) is 0 Å². The fourth-order valence-corrected chi connectivity index (χ4v) is 5.49. The van der Waals surface area contributed by atoms with Gasteiger partial charge in [-0.3, -0.25) is 27.8 Å². The van der Waals surface area contributed by atoms with Crippen molar-refractivity contribution in [2.45, 2.75) is 34.7 Å². The summed E-state index contributed by atoms with van der Waals surface area (Å²) < 4.78 is 99.6. The molecule has 17 heteroatoms. The molecular weight excluding hydrogens is 544 g/mol. The second kappa shape index (κ2) is 9.26. The quantitative estimate of drug-likeness (QED) is 0.239.